The van der Waals surface area contributed by atoms with Crippen LogP contribution in [0.4, 0.5) is 0 Å². The van der Waals surface area contributed by atoms with Crippen molar-refractivity contribution in [3.63, 3.8) is 0 Å². The highest BCUT2D eigenvalue weighted by molar-refractivity contribution is 5.92. The number of aldehydes is 1. The number of carbonyl (C=O) groups excluding carboxylic acids is 2. The van der Waals surface area contributed by atoms with E-state index in [1.54, 1.807) is 19.1 Å². The van der Waals surface area contributed by atoms with Gasteiger partial charge in [0.15, 0.2) is 5.78 Å². The van der Waals surface area contributed by atoms with Gasteiger partial charge in [0.2, 0.25) is 0 Å². The molecule has 0 fully saturated rings. The van der Waals surface area contributed by atoms with E-state index in [1.165, 1.54) is 13.0 Å². The minimum Gasteiger partial charge on any atom is -0.299 e. The standard InChI is InChI=1S/C8H10O2/c1-7(8(2)10)5-3-4-6-9/h3-6H,1-2H3/b4-3-,7-5-. The molecule has 10 heavy (non-hydrogen) atoms. The van der Waals surface area contributed by atoms with Gasteiger partial charge in [0.05, 0.1) is 0 Å². The normalized spacial score (nSPS) is 12.0. The average Bonchev–Trinajstić information content (AvgIpc) is 1.88. The molecule has 0 saturated carbocycles. The molecule has 0 N–H and O–H groups in total. The molecular weight excluding hydrogens is 128 g/mol. The Bertz CT molecular complexity index is 187. The molecule has 0 saturated heterocycles. The van der Waals surface area contributed by atoms with Crippen LogP contribution in [-0.4, -0.2) is 12.1 Å². The molecule has 0 amide bonds. The van der Waals surface area contributed by atoms with Crippen molar-refractivity contribution in [2.24, 2.45) is 0 Å². The van der Waals surface area contributed by atoms with Crippen LogP contribution in [0.5, 0.6) is 0 Å². The Morgan fingerprint density at radius 1 is 1.20 bits per heavy atom. The van der Waals surface area contributed by atoms with E-state index in [0.29, 0.717) is 11.9 Å². The molecule has 0 spiro atoms. The van der Waals surface area contributed by atoms with Crippen molar-refractivity contribution in [1.82, 2.24) is 0 Å². The molecule has 0 aromatic carbocycles. The maximum absolute atomic E-state index is 10.5. The number of hydrogen-bond donors (Lipinski definition) is 0. The summed E-state index contributed by atoms with van der Waals surface area (Å²) in [4.78, 5) is 20.3. The summed E-state index contributed by atoms with van der Waals surface area (Å²) < 4.78 is 0. The lowest BCUT2D eigenvalue weighted by molar-refractivity contribution is -0.113. The molecule has 54 valence electrons. The van der Waals surface area contributed by atoms with Gasteiger partial charge < -0.3 is 0 Å². The molecule has 0 aromatic rings. The van der Waals surface area contributed by atoms with Gasteiger partial charge in [0.1, 0.15) is 6.29 Å². The number of Topliss-reactive ketones (excluding diaryl/α,β-unsaturated/α-hetero) is 1. The van der Waals surface area contributed by atoms with Crippen LogP contribution >= 0.6 is 0 Å². The lowest BCUT2D eigenvalue weighted by atomic mass is 10.2. The predicted octanol–water partition coefficient (Wildman–Crippen LogP) is 1.28. The van der Waals surface area contributed by atoms with Crippen molar-refractivity contribution in [3.8, 4) is 0 Å². The van der Waals surface area contributed by atoms with Crippen LogP contribution in [0.15, 0.2) is 23.8 Å². The molecule has 0 rings (SSSR count). The van der Waals surface area contributed by atoms with Crippen molar-refractivity contribution in [1.29, 1.82) is 0 Å². The lowest BCUT2D eigenvalue weighted by Crippen LogP contribution is -1.89. The Labute approximate surface area is 60.2 Å². The predicted molar refractivity (Wildman–Crippen MR) is 39.6 cm³/mol. The van der Waals surface area contributed by atoms with E-state index in [2.05, 4.69) is 0 Å². The van der Waals surface area contributed by atoms with E-state index in [9.17, 15) is 9.59 Å². The van der Waals surface area contributed by atoms with Gasteiger partial charge in [0, 0.05) is 0 Å². The van der Waals surface area contributed by atoms with Gasteiger partial charge in [0.25, 0.3) is 0 Å². The monoisotopic (exact) mass is 138 g/mol. The minimum absolute atomic E-state index is 0.0237. The number of allylic oxidation sites excluding steroid dienone is 4. The summed E-state index contributed by atoms with van der Waals surface area (Å²) in [5, 5.41) is 0. The van der Waals surface area contributed by atoms with Crippen LogP contribution in [-0.2, 0) is 9.59 Å². The highest BCUT2D eigenvalue weighted by Crippen LogP contribution is 1.92. The van der Waals surface area contributed by atoms with Gasteiger partial charge in [-0.3, -0.25) is 9.59 Å². The molecule has 0 aliphatic heterocycles. The molecule has 0 aliphatic rings. The second-order valence-electron chi connectivity index (χ2n) is 1.93. The zero-order valence-corrected chi connectivity index (χ0v) is 6.13. The Morgan fingerprint density at radius 3 is 2.20 bits per heavy atom. The summed E-state index contributed by atoms with van der Waals surface area (Å²) in [6, 6.07) is 0. The average molecular weight is 138 g/mol. The van der Waals surface area contributed by atoms with Crippen LogP contribution in [0.1, 0.15) is 13.8 Å². The van der Waals surface area contributed by atoms with Crippen LogP contribution in [0.2, 0.25) is 0 Å². The zero-order valence-electron chi connectivity index (χ0n) is 6.13. The lowest BCUT2D eigenvalue weighted by Gasteiger charge is -1.87. The summed E-state index contributed by atoms with van der Waals surface area (Å²) in [5.41, 5.74) is 0.651. The molecule has 0 aromatic heterocycles. The maximum Gasteiger partial charge on any atom is 0.155 e. The fourth-order valence-corrected chi connectivity index (χ4v) is 0.363. The van der Waals surface area contributed by atoms with Crippen molar-refractivity contribution in [2.45, 2.75) is 13.8 Å². The molecule has 0 bridgehead atoms. The number of rotatable bonds is 3. The van der Waals surface area contributed by atoms with Crippen LogP contribution in [0.25, 0.3) is 0 Å². The molecular formula is C8H10O2. The topological polar surface area (TPSA) is 34.1 Å². The number of ketones is 1. The van der Waals surface area contributed by atoms with Crippen LogP contribution in [0, 0.1) is 0 Å². The van der Waals surface area contributed by atoms with Gasteiger partial charge in [-0.25, -0.2) is 0 Å². The smallest absolute Gasteiger partial charge is 0.155 e. The van der Waals surface area contributed by atoms with Crippen LogP contribution in [0.3, 0.4) is 0 Å². The Balaban J connectivity index is 4.04. The SMILES string of the molecule is CC(=O)/C(C)=C\C=C/C=O. The van der Waals surface area contributed by atoms with Crippen LogP contribution < -0.4 is 0 Å². The molecule has 0 unspecified atom stereocenters. The quantitative estimate of drug-likeness (QED) is 0.334. The third-order valence-electron chi connectivity index (χ3n) is 1.09. The highest BCUT2D eigenvalue weighted by Gasteiger charge is 1.90. The van der Waals surface area contributed by atoms with E-state index in [4.69, 9.17) is 0 Å². The van der Waals surface area contributed by atoms with Gasteiger partial charge in [-0.15, -0.1) is 0 Å². The van der Waals surface area contributed by atoms with Crippen molar-refractivity contribution in [2.75, 3.05) is 0 Å². The van der Waals surface area contributed by atoms with Gasteiger partial charge in [-0.05, 0) is 25.5 Å². The van der Waals surface area contributed by atoms with Crippen molar-refractivity contribution < 1.29 is 9.59 Å². The molecule has 0 radical (unpaired) electrons. The Hall–Kier alpha value is -1.18. The van der Waals surface area contributed by atoms with E-state index in [0.717, 1.165) is 0 Å². The fourth-order valence-electron chi connectivity index (χ4n) is 0.363. The van der Waals surface area contributed by atoms with E-state index in [1.807, 2.05) is 0 Å². The van der Waals surface area contributed by atoms with Crippen molar-refractivity contribution >= 4 is 12.1 Å². The van der Waals surface area contributed by atoms with Gasteiger partial charge >= 0.3 is 0 Å². The summed E-state index contributed by atoms with van der Waals surface area (Å²) in [7, 11) is 0. The second kappa shape index (κ2) is 4.68. The minimum atomic E-state index is 0.0237. The van der Waals surface area contributed by atoms with E-state index in [-0.39, 0.29) is 5.78 Å². The fraction of sp³-hybridized carbons (Fsp3) is 0.250. The van der Waals surface area contributed by atoms with E-state index < -0.39 is 0 Å². The third kappa shape index (κ3) is 3.78. The number of carbonyl (C=O) groups is 2. The first-order chi connectivity index (χ1) is 4.68. The number of hydrogen-bond acceptors (Lipinski definition) is 2. The molecule has 0 atom stereocenters. The molecule has 0 aliphatic carbocycles. The summed E-state index contributed by atoms with van der Waals surface area (Å²) in [5.74, 6) is 0.0237. The Kier molecular flexibility index (Phi) is 4.12. The second-order valence-corrected chi connectivity index (χ2v) is 1.93. The maximum atomic E-state index is 10.5. The van der Waals surface area contributed by atoms with Crippen molar-refractivity contribution in [3.05, 3.63) is 23.8 Å². The summed E-state index contributed by atoms with van der Waals surface area (Å²) >= 11 is 0. The largest absolute Gasteiger partial charge is 0.299 e. The molecule has 2 heteroatoms. The first-order valence-electron chi connectivity index (χ1n) is 2.98. The third-order valence-corrected chi connectivity index (χ3v) is 1.09. The molecule has 0 heterocycles. The van der Waals surface area contributed by atoms with E-state index >= 15 is 0 Å². The first-order valence-corrected chi connectivity index (χ1v) is 2.98. The van der Waals surface area contributed by atoms with Gasteiger partial charge in [-0.1, -0.05) is 12.2 Å². The summed E-state index contributed by atoms with van der Waals surface area (Å²) in [6.07, 6.45) is 5.16. The highest BCUT2D eigenvalue weighted by atomic mass is 16.1. The van der Waals surface area contributed by atoms with Gasteiger partial charge in [-0.2, -0.15) is 0 Å². The first kappa shape index (κ1) is 8.82. The molecule has 2 nitrogen and oxygen atoms in total. The zero-order chi connectivity index (χ0) is 7.98. The summed E-state index contributed by atoms with van der Waals surface area (Å²) in [6.45, 7) is 3.19. The Morgan fingerprint density at radius 2 is 1.80 bits per heavy atom.